The van der Waals surface area contributed by atoms with Crippen molar-refractivity contribution in [3.63, 3.8) is 0 Å². The number of aromatic nitrogens is 2. The zero-order valence-corrected chi connectivity index (χ0v) is 13.0. The Kier molecular flexibility index (Phi) is 10.3. The molecule has 0 aliphatic rings. The minimum atomic E-state index is -0.0370. The van der Waals surface area contributed by atoms with Crippen molar-refractivity contribution in [3.05, 3.63) is 17.5 Å². The molecule has 0 aromatic carbocycles. The van der Waals surface area contributed by atoms with E-state index in [-0.39, 0.29) is 6.29 Å². The predicted molar refractivity (Wildman–Crippen MR) is 76.7 cm³/mol. The summed E-state index contributed by atoms with van der Waals surface area (Å²) in [6, 6.07) is 1.66. The van der Waals surface area contributed by atoms with Crippen molar-refractivity contribution in [3.8, 4) is 0 Å². The van der Waals surface area contributed by atoms with Crippen LogP contribution in [0.4, 0.5) is 0 Å². The van der Waals surface area contributed by atoms with Gasteiger partial charge in [0.05, 0.1) is 0 Å². The summed E-state index contributed by atoms with van der Waals surface area (Å²) in [6.07, 6.45) is 2.57. The lowest BCUT2D eigenvalue weighted by atomic mass is 10.4. The molecule has 0 radical (unpaired) electrons. The van der Waals surface area contributed by atoms with Crippen LogP contribution in [-0.2, 0) is 9.47 Å². The number of aryl methyl sites for hydroxylation is 1. The molecule has 0 spiro atoms. The quantitative estimate of drug-likeness (QED) is 0.347. The van der Waals surface area contributed by atoms with E-state index in [2.05, 4.69) is 9.97 Å². The summed E-state index contributed by atoms with van der Waals surface area (Å²) in [4.78, 5) is 18.4. The Morgan fingerprint density at radius 3 is 2.32 bits per heavy atom. The molecule has 0 saturated carbocycles. The Morgan fingerprint density at radius 2 is 1.89 bits per heavy atom. The fourth-order valence-electron chi connectivity index (χ4n) is 1.23. The van der Waals surface area contributed by atoms with Crippen molar-refractivity contribution in [2.75, 3.05) is 19.5 Å². The number of hydrogen-bond acceptors (Lipinski definition) is 6. The lowest BCUT2D eigenvalue weighted by Gasteiger charge is -2.09. The summed E-state index contributed by atoms with van der Waals surface area (Å²) in [5.74, 6) is 0. The van der Waals surface area contributed by atoms with Crippen LogP contribution >= 0.6 is 11.8 Å². The number of rotatable bonds is 6. The first-order valence-electron chi connectivity index (χ1n) is 6.15. The molecule has 0 aliphatic carbocycles. The molecule has 6 heteroatoms. The van der Waals surface area contributed by atoms with Crippen LogP contribution in [0.2, 0.25) is 0 Å². The Labute approximate surface area is 119 Å². The molecule has 0 amide bonds. The molecule has 0 aliphatic heterocycles. The fraction of sp³-hybridized carbons (Fsp3) is 0.615. The van der Waals surface area contributed by atoms with Gasteiger partial charge in [-0.2, -0.15) is 0 Å². The van der Waals surface area contributed by atoms with Gasteiger partial charge in [-0.25, -0.2) is 9.97 Å². The van der Waals surface area contributed by atoms with Gasteiger partial charge in [0.1, 0.15) is 5.69 Å². The summed E-state index contributed by atoms with van der Waals surface area (Å²) in [6.45, 7) is 9.09. The molecule has 0 saturated heterocycles. The maximum atomic E-state index is 10.3. The lowest BCUT2D eigenvalue weighted by Crippen LogP contribution is -2.11. The zero-order valence-electron chi connectivity index (χ0n) is 12.2. The van der Waals surface area contributed by atoms with Crippen molar-refractivity contribution >= 4 is 18.0 Å². The van der Waals surface area contributed by atoms with E-state index in [4.69, 9.17) is 9.47 Å². The molecule has 0 bridgehead atoms. The number of nitrogens with zero attached hydrogens (tertiary/aromatic N) is 2. The zero-order chi connectivity index (χ0) is 14.7. The highest BCUT2D eigenvalue weighted by Gasteiger charge is 1.98. The molecule has 0 atom stereocenters. The van der Waals surface area contributed by atoms with E-state index in [0.29, 0.717) is 10.9 Å². The predicted octanol–water partition coefficient (Wildman–Crippen LogP) is 2.72. The summed E-state index contributed by atoms with van der Waals surface area (Å²) in [7, 11) is 0. The van der Waals surface area contributed by atoms with Crippen molar-refractivity contribution < 1.29 is 14.3 Å². The fourth-order valence-corrected chi connectivity index (χ4v) is 1.67. The van der Waals surface area contributed by atoms with Crippen LogP contribution in [0, 0.1) is 6.92 Å². The Bertz CT molecular complexity index is 369. The molecule has 0 fully saturated rings. The first-order chi connectivity index (χ1) is 9.07. The second-order valence-electron chi connectivity index (χ2n) is 3.52. The summed E-state index contributed by atoms with van der Waals surface area (Å²) >= 11 is 1.43. The number of carbonyl (C=O) groups excluding carboxylic acids is 1. The van der Waals surface area contributed by atoms with Gasteiger partial charge in [0.2, 0.25) is 0 Å². The molecule has 1 aromatic heterocycles. The van der Waals surface area contributed by atoms with Gasteiger partial charge in [0, 0.05) is 18.9 Å². The largest absolute Gasteiger partial charge is 0.353 e. The van der Waals surface area contributed by atoms with E-state index in [1.54, 1.807) is 6.07 Å². The minimum Gasteiger partial charge on any atom is -0.353 e. The highest BCUT2D eigenvalue weighted by atomic mass is 32.2. The van der Waals surface area contributed by atoms with Crippen molar-refractivity contribution in [1.29, 1.82) is 0 Å². The lowest BCUT2D eigenvalue weighted by molar-refractivity contribution is -0.123. The van der Waals surface area contributed by atoms with Crippen LogP contribution in [0.25, 0.3) is 0 Å². The van der Waals surface area contributed by atoms with E-state index in [1.807, 2.05) is 34.0 Å². The number of hydrogen-bond donors (Lipinski definition) is 0. The van der Waals surface area contributed by atoms with Crippen LogP contribution in [0.5, 0.6) is 0 Å². The van der Waals surface area contributed by atoms with E-state index in [9.17, 15) is 4.79 Å². The van der Waals surface area contributed by atoms with Crippen molar-refractivity contribution in [2.24, 2.45) is 0 Å². The molecule has 1 heterocycles. The van der Waals surface area contributed by atoms with Gasteiger partial charge >= 0.3 is 0 Å². The average Bonchev–Trinajstić information content (AvgIpc) is 2.39. The maximum Gasteiger partial charge on any atom is 0.188 e. The SMILES string of the molecule is CCOC(C)OCC.CSc1nc(C)cc(C=O)n1. The van der Waals surface area contributed by atoms with Gasteiger partial charge in [-0.1, -0.05) is 11.8 Å². The smallest absolute Gasteiger partial charge is 0.188 e. The molecule has 1 aromatic rings. The van der Waals surface area contributed by atoms with Crippen molar-refractivity contribution in [1.82, 2.24) is 9.97 Å². The normalized spacial score (nSPS) is 10.0. The minimum absolute atomic E-state index is 0.0370. The van der Waals surface area contributed by atoms with Crippen molar-refractivity contribution in [2.45, 2.75) is 39.1 Å². The third kappa shape index (κ3) is 8.69. The summed E-state index contributed by atoms with van der Waals surface area (Å²) in [5, 5.41) is 0.645. The first kappa shape index (κ1) is 18.0. The highest BCUT2D eigenvalue weighted by molar-refractivity contribution is 7.98. The Hall–Kier alpha value is -0.980. The number of ether oxygens (including phenoxy) is 2. The summed E-state index contributed by atoms with van der Waals surface area (Å²) < 4.78 is 10.1. The van der Waals surface area contributed by atoms with E-state index >= 15 is 0 Å². The molecule has 0 N–H and O–H groups in total. The average molecular weight is 286 g/mol. The highest BCUT2D eigenvalue weighted by Crippen LogP contribution is 2.08. The second kappa shape index (κ2) is 10.9. The monoisotopic (exact) mass is 286 g/mol. The number of thioether (sulfide) groups is 1. The molecule has 0 unspecified atom stereocenters. The van der Waals surface area contributed by atoms with Gasteiger partial charge in [-0.05, 0) is 40.0 Å². The molecular weight excluding hydrogens is 264 g/mol. The van der Waals surface area contributed by atoms with Gasteiger partial charge in [0.25, 0.3) is 0 Å². The first-order valence-corrected chi connectivity index (χ1v) is 7.37. The van der Waals surface area contributed by atoms with Gasteiger partial charge in [-0.3, -0.25) is 4.79 Å². The molecule has 5 nitrogen and oxygen atoms in total. The van der Waals surface area contributed by atoms with Gasteiger partial charge in [-0.15, -0.1) is 0 Å². The Morgan fingerprint density at radius 1 is 1.32 bits per heavy atom. The standard InChI is InChI=1S/C7H8N2OS.C6H14O2/c1-5-3-6(4-10)9-7(8-5)11-2;1-4-7-6(3)8-5-2/h3-4H,1-2H3;6H,4-5H2,1-3H3. The molecule has 19 heavy (non-hydrogen) atoms. The maximum absolute atomic E-state index is 10.3. The molecule has 108 valence electrons. The third-order valence-electron chi connectivity index (χ3n) is 1.96. The van der Waals surface area contributed by atoms with Crippen LogP contribution in [0.15, 0.2) is 11.2 Å². The van der Waals surface area contributed by atoms with E-state index in [1.165, 1.54) is 11.8 Å². The van der Waals surface area contributed by atoms with Crippen LogP contribution in [0.1, 0.15) is 37.0 Å². The van der Waals surface area contributed by atoms with E-state index < -0.39 is 0 Å². The molecule has 1 rings (SSSR count). The number of aldehydes is 1. The van der Waals surface area contributed by atoms with Crippen LogP contribution in [-0.4, -0.2) is 42.0 Å². The van der Waals surface area contributed by atoms with E-state index in [0.717, 1.165) is 25.2 Å². The molecular formula is C13H22N2O3S. The van der Waals surface area contributed by atoms with Crippen LogP contribution < -0.4 is 0 Å². The van der Waals surface area contributed by atoms with Crippen LogP contribution in [0.3, 0.4) is 0 Å². The summed E-state index contributed by atoms with van der Waals surface area (Å²) in [5.41, 5.74) is 1.27. The Balaban J connectivity index is 0.000000362. The number of carbonyl (C=O) groups is 1. The second-order valence-corrected chi connectivity index (χ2v) is 4.29. The third-order valence-corrected chi connectivity index (χ3v) is 2.51. The van der Waals surface area contributed by atoms with Gasteiger partial charge < -0.3 is 9.47 Å². The topological polar surface area (TPSA) is 61.3 Å². The van der Waals surface area contributed by atoms with Gasteiger partial charge in [0.15, 0.2) is 17.7 Å².